The first-order chi connectivity index (χ1) is 12.6. The van der Waals surface area contributed by atoms with Crippen LogP contribution in [-0.2, 0) is 4.74 Å². The molecule has 3 saturated heterocycles. The summed E-state index contributed by atoms with van der Waals surface area (Å²) in [6.07, 6.45) is 6.59. The molecule has 0 aromatic heterocycles. The average molecular weight is 493 g/mol. The van der Waals surface area contributed by atoms with Crippen molar-refractivity contribution < 1.29 is 4.74 Å². The number of rotatable bonds is 5. The summed E-state index contributed by atoms with van der Waals surface area (Å²) in [6, 6.07) is 2.97. The zero-order valence-electron chi connectivity index (χ0n) is 17.6. The molecule has 27 heavy (non-hydrogen) atoms. The van der Waals surface area contributed by atoms with E-state index >= 15 is 0 Å². The highest BCUT2D eigenvalue weighted by Crippen LogP contribution is 2.32. The molecular formula is C20H40IN5O. The Kier molecular flexibility index (Phi) is 9.58. The fourth-order valence-corrected chi connectivity index (χ4v) is 4.97. The Morgan fingerprint density at radius 3 is 2.59 bits per heavy atom. The Morgan fingerprint density at radius 2 is 1.96 bits per heavy atom. The second-order valence-electron chi connectivity index (χ2n) is 8.45. The molecule has 3 rings (SSSR count). The van der Waals surface area contributed by atoms with Crippen LogP contribution in [-0.4, -0.2) is 85.9 Å². The molecule has 3 aliphatic rings. The van der Waals surface area contributed by atoms with E-state index in [0.29, 0.717) is 18.1 Å². The quantitative estimate of drug-likeness (QED) is 0.350. The van der Waals surface area contributed by atoms with E-state index in [9.17, 15) is 0 Å². The summed E-state index contributed by atoms with van der Waals surface area (Å²) in [5.41, 5.74) is 0. The molecule has 0 radical (unpaired) electrons. The standard InChI is InChI=1S/C20H39N5O.HI/c1-5-21-20(22-13-15(2)25-9-10-26-14-16(25)3)23-17-11-18-7-6-8-19(12-17)24(18)4;/h15-19H,5-14H2,1-4H3,(H2,21,22,23);1H. The predicted molar refractivity (Wildman–Crippen MR) is 123 cm³/mol. The van der Waals surface area contributed by atoms with Gasteiger partial charge in [0.15, 0.2) is 5.96 Å². The first kappa shape index (κ1) is 23.2. The summed E-state index contributed by atoms with van der Waals surface area (Å²) < 4.78 is 5.57. The largest absolute Gasteiger partial charge is 0.379 e. The summed E-state index contributed by atoms with van der Waals surface area (Å²) >= 11 is 0. The number of hydrogen-bond acceptors (Lipinski definition) is 4. The van der Waals surface area contributed by atoms with Crippen molar-refractivity contribution in [1.82, 2.24) is 20.4 Å². The van der Waals surface area contributed by atoms with Gasteiger partial charge < -0.3 is 20.3 Å². The summed E-state index contributed by atoms with van der Waals surface area (Å²) in [7, 11) is 2.31. The number of morpholine rings is 1. The second-order valence-corrected chi connectivity index (χ2v) is 8.45. The Morgan fingerprint density at radius 1 is 1.26 bits per heavy atom. The smallest absolute Gasteiger partial charge is 0.191 e. The lowest BCUT2D eigenvalue weighted by molar-refractivity contribution is -0.0166. The molecule has 3 aliphatic heterocycles. The van der Waals surface area contributed by atoms with Crippen LogP contribution in [0.1, 0.15) is 52.9 Å². The van der Waals surface area contributed by atoms with Crippen LogP contribution in [0.15, 0.2) is 4.99 Å². The highest BCUT2D eigenvalue weighted by atomic mass is 127. The van der Waals surface area contributed by atoms with Gasteiger partial charge in [-0.25, -0.2) is 0 Å². The van der Waals surface area contributed by atoms with Crippen LogP contribution in [0, 0.1) is 0 Å². The molecule has 2 bridgehead atoms. The highest BCUT2D eigenvalue weighted by molar-refractivity contribution is 14.0. The molecule has 4 atom stereocenters. The van der Waals surface area contributed by atoms with E-state index in [1.54, 1.807) is 0 Å². The van der Waals surface area contributed by atoms with Crippen LogP contribution < -0.4 is 10.6 Å². The van der Waals surface area contributed by atoms with Crippen molar-refractivity contribution in [2.24, 2.45) is 4.99 Å². The Labute approximate surface area is 182 Å². The van der Waals surface area contributed by atoms with Gasteiger partial charge in [-0.2, -0.15) is 0 Å². The predicted octanol–water partition coefficient (Wildman–Crippen LogP) is 2.28. The molecule has 3 fully saturated rings. The van der Waals surface area contributed by atoms with Gasteiger partial charge in [0.2, 0.25) is 0 Å². The molecule has 0 aliphatic carbocycles. The summed E-state index contributed by atoms with van der Waals surface area (Å²) in [4.78, 5) is 10.1. The Bertz CT molecular complexity index is 463. The first-order valence-electron chi connectivity index (χ1n) is 10.7. The lowest BCUT2D eigenvalue weighted by Crippen LogP contribution is -2.56. The topological polar surface area (TPSA) is 52.1 Å². The molecule has 2 N–H and O–H groups in total. The van der Waals surface area contributed by atoms with E-state index in [0.717, 1.165) is 50.9 Å². The van der Waals surface area contributed by atoms with Gasteiger partial charge in [0.05, 0.1) is 19.8 Å². The van der Waals surface area contributed by atoms with Crippen LogP contribution in [0.4, 0.5) is 0 Å². The fraction of sp³-hybridized carbons (Fsp3) is 0.950. The minimum Gasteiger partial charge on any atom is -0.379 e. The number of piperidine rings is 2. The van der Waals surface area contributed by atoms with E-state index in [4.69, 9.17) is 9.73 Å². The molecular weight excluding hydrogens is 453 g/mol. The van der Waals surface area contributed by atoms with Gasteiger partial charge in [0, 0.05) is 43.3 Å². The molecule has 0 aromatic rings. The Hall–Kier alpha value is -0.120. The zero-order valence-corrected chi connectivity index (χ0v) is 19.9. The van der Waals surface area contributed by atoms with Gasteiger partial charge in [0.1, 0.15) is 0 Å². The molecule has 0 amide bonds. The third-order valence-corrected chi connectivity index (χ3v) is 6.52. The van der Waals surface area contributed by atoms with Crippen LogP contribution in [0.25, 0.3) is 0 Å². The SMILES string of the molecule is CCNC(=NCC(C)N1CCOCC1C)NC1CC2CCCC(C1)N2C.I. The number of halogens is 1. The van der Waals surface area contributed by atoms with Gasteiger partial charge in [-0.15, -0.1) is 24.0 Å². The summed E-state index contributed by atoms with van der Waals surface area (Å²) in [5.74, 6) is 0.993. The molecule has 0 aromatic carbocycles. The van der Waals surface area contributed by atoms with E-state index in [2.05, 4.69) is 48.3 Å². The highest BCUT2D eigenvalue weighted by Gasteiger charge is 2.36. The van der Waals surface area contributed by atoms with Crippen molar-refractivity contribution >= 4 is 29.9 Å². The molecule has 6 nitrogen and oxygen atoms in total. The molecule has 7 heteroatoms. The first-order valence-corrected chi connectivity index (χ1v) is 10.7. The van der Waals surface area contributed by atoms with Crippen LogP contribution in [0.5, 0.6) is 0 Å². The third kappa shape index (κ3) is 6.18. The van der Waals surface area contributed by atoms with E-state index < -0.39 is 0 Å². The lowest BCUT2D eigenvalue weighted by Gasteiger charge is -2.47. The van der Waals surface area contributed by atoms with E-state index in [1.807, 2.05) is 0 Å². The van der Waals surface area contributed by atoms with Gasteiger partial charge in [0.25, 0.3) is 0 Å². The fourth-order valence-electron chi connectivity index (χ4n) is 4.97. The lowest BCUT2D eigenvalue weighted by atomic mass is 9.82. The summed E-state index contributed by atoms with van der Waals surface area (Å²) in [6.45, 7) is 11.1. The van der Waals surface area contributed by atoms with Crippen LogP contribution in [0.2, 0.25) is 0 Å². The molecule has 4 unspecified atom stereocenters. The van der Waals surface area contributed by atoms with Crippen LogP contribution >= 0.6 is 24.0 Å². The number of nitrogens with zero attached hydrogens (tertiary/aromatic N) is 3. The van der Waals surface area contributed by atoms with E-state index in [-0.39, 0.29) is 24.0 Å². The third-order valence-electron chi connectivity index (χ3n) is 6.52. The van der Waals surface area contributed by atoms with Crippen molar-refractivity contribution in [2.75, 3.05) is 39.9 Å². The molecule has 0 spiro atoms. The number of ether oxygens (including phenoxy) is 1. The number of hydrogen-bond donors (Lipinski definition) is 2. The van der Waals surface area contributed by atoms with E-state index in [1.165, 1.54) is 32.1 Å². The van der Waals surface area contributed by atoms with Gasteiger partial charge in [-0.3, -0.25) is 9.89 Å². The normalized spacial score (nSPS) is 33.9. The minimum absolute atomic E-state index is 0. The maximum Gasteiger partial charge on any atom is 0.191 e. The zero-order chi connectivity index (χ0) is 18.5. The maximum atomic E-state index is 5.57. The molecule has 158 valence electrons. The monoisotopic (exact) mass is 493 g/mol. The maximum absolute atomic E-state index is 5.57. The van der Waals surface area contributed by atoms with Gasteiger partial charge >= 0.3 is 0 Å². The number of aliphatic imine (C=N–C) groups is 1. The van der Waals surface area contributed by atoms with Crippen molar-refractivity contribution in [3.05, 3.63) is 0 Å². The summed E-state index contributed by atoms with van der Waals surface area (Å²) in [5, 5.41) is 7.20. The average Bonchev–Trinajstić information content (AvgIpc) is 2.61. The van der Waals surface area contributed by atoms with Crippen molar-refractivity contribution in [1.29, 1.82) is 0 Å². The second kappa shape index (κ2) is 11.2. The van der Waals surface area contributed by atoms with Gasteiger partial charge in [-0.1, -0.05) is 6.42 Å². The number of nitrogens with one attached hydrogen (secondary N) is 2. The minimum atomic E-state index is 0. The Balaban J connectivity index is 0.00000261. The number of fused-ring (bicyclic) bond motifs is 2. The van der Waals surface area contributed by atoms with Crippen molar-refractivity contribution in [3.8, 4) is 0 Å². The molecule has 0 saturated carbocycles. The number of guanidine groups is 1. The molecule has 3 heterocycles. The van der Waals surface area contributed by atoms with Crippen LogP contribution in [0.3, 0.4) is 0 Å². The van der Waals surface area contributed by atoms with Crippen molar-refractivity contribution in [3.63, 3.8) is 0 Å². The van der Waals surface area contributed by atoms with Crippen molar-refractivity contribution in [2.45, 2.75) is 83.1 Å². The van der Waals surface area contributed by atoms with Gasteiger partial charge in [-0.05, 0) is 53.5 Å².